The normalized spacial score (nSPS) is 20.9. The third kappa shape index (κ3) is 4.13. The fourth-order valence-corrected chi connectivity index (χ4v) is 3.80. The molecule has 1 aliphatic heterocycles. The lowest BCUT2D eigenvalue weighted by Crippen LogP contribution is -2.55. The molecular formula is C22H27N3O5. The predicted molar refractivity (Wildman–Crippen MR) is 111 cm³/mol. The van der Waals surface area contributed by atoms with Crippen molar-refractivity contribution in [2.24, 2.45) is 11.1 Å². The monoisotopic (exact) mass is 413 g/mol. The molecule has 1 unspecified atom stereocenters. The fourth-order valence-electron chi connectivity index (χ4n) is 3.80. The molecule has 0 fully saturated rings. The van der Waals surface area contributed by atoms with E-state index >= 15 is 0 Å². The number of allylic oxidation sites excluding steroid dienone is 1. The molecule has 1 aromatic heterocycles. The number of carboxylic acid groups (broad SMARTS) is 1. The minimum Gasteiger partial charge on any atom is -0.481 e. The molecule has 160 valence electrons. The van der Waals surface area contributed by atoms with Gasteiger partial charge in [-0.25, -0.2) is 0 Å². The first-order chi connectivity index (χ1) is 14.3. The maximum Gasteiger partial charge on any atom is 0.305 e. The number of aliphatic carboxylic acids is 1. The van der Waals surface area contributed by atoms with E-state index in [0.717, 1.165) is 18.4 Å². The molecule has 0 radical (unpaired) electrons. The van der Waals surface area contributed by atoms with Gasteiger partial charge in [0.15, 0.2) is 5.78 Å². The van der Waals surface area contributed by atoms with Gasteiger partial charge in [-0.15, -0.1) is 0 Å². The van der Waals surface area contributed by atoms with Gasteiger partial charge in [0.25, 0.3) is 5.91 Å². The van der Waals surface area contributed by atoms with Gasteiger partial charge in [0.2, 0.25) is 5.60 Å². The molecule has 2 heterocycles. The van der Waals surface area contributed by atoms with Crippen LogP contribution in [0.5, 0.6) is 0 Å². The van der Waals surface area contributed by atoms with Gasteiger partial charge in [0.05, 0.1) is 18.2 Å². The van der Waals surface area contributed by atoms with E-state index in [1.165, 1.54) is 5.56 Å². The third-order valence-corrected chi connectivity index (χ3v) is 5.71. The Labute approximate surface area is 175 Å². The number of Topliss-reactive ketones (excluding diaryl/α,β-unsaturated/α-hetero) is 1. The number of carbonyl (C=O) groups is 3. The number of pyridine rings is 1. The van der Waals surface area contributed by atoms with Crippen molar-refractivity contribution in [2.75, 3.05) is 0 Å². The Kier molecular flexibility index (Phi) is 6.34. The number of fused-ring (bicyclic) bond motifs is 1. The van der Waals surface area contributed by atoms with Crippen LogP contribution in [0.3, 0.4) is 0 Å². The van der Waals surface area contributed by atoms with E-state index in [2.05, 4.69) is 21.5 Å². The molecular weight excluding hydrogens is 386 g/mol. The number of hydrogen-bond donors (Lipinski definition) is 2. The van der Waals surface area contributed by atoms with Crippen molar-refractivity contribution in [1.82, 2.24) is 10.3 Å². The second-order valence-corrected chi connectivity index (χ2v) is 7.97. The Hall–Kier alpha value is -3.03. The lowest BCUT2D eigenvalue weighted by atomic mass is 9.82. The van der Waals surface area contributed by atoms with E-state index in [1.807, 2.05) is 26.0 Å². The van der Waals surface area contributed by atoms with Gasteiger partial charge in [-0.2, -0.15) is 0 Å². The molecule has 2 N–H and O–H groups in total. The summed E-state index contributed by atoms with van der Waals surface area (Å²) in [7, 11) is 0. The number of amides is 1. The summed E-state index contributed by atoms with van der Waals surface area (Å²) in [4.78, 5) is 46.7. The topological polar surface area (TPSA) is 118 Å². The Bertz CT molecular complexity index is 921. The average molecular weight is 413 g/mol. The van der Waals surface area contributed by atoms with Crippen LogP contribution in [-0.4, -0.2) is 45.1 Å². The summed E-state index contributed by atoms with van der Waals surface area (Å²) in [6.45, 7) is 5.30. The van der Waals surface area contributed by atoms with Crippen LogP contribution in [0.25, 0.3) is 6.08 Å². The Balaban J connectivity index is 1.85. The van der Waals surface area contributed by atoms with Gasteiger partial charge in [-0.05, 0) is 24.5 Å². The number of oxime groups is 1. The van der Waals surface area contributed by atoms with Crippen LogP contribution in [0.4, 0.5) is 0 Å². The number of hydrogen-bond acceptors (Lipinski definition) is 6. The number of carbonyl (C=O) groups excluding carboxylic acids is 2. The number of aryl methyl sites for hydroxylation is 1. The minimum atomic E-state index is -1.33. The fraction of sp³-hybridized carbons (Fsp3) is 0.500. The standard InChI is InChI=1S/C22H27N3O5/c1-4-18(26)16(11-19(27)28)24-21(29)22(13(2)3)12-17(25-30-22)20-15-8-6-5-7-14(15)9-10-23-20/h6,8-10,13,16H,4-5,7,11-12H2,1-3H3,(H,24,29)(H,27,28)/t16-,22?/m0/s1. The van der Waals surface area contributed by atoms with Gasteiger partial charge >= 0.3 is 5.97 Å². The highest BCUT2D eigenvalue weighted by Crippen LogP contribution is 2.35. The number of ketones is 1. The zero-order valence-electron chi connectivity index (χ0n) is 17.5. The zero-order chi connectivity index (χ0) is 21.9. The summed E-state index contributed by atoms with van der Waals surface area (Å²) >= 11 is 0. The lowest BCUT2D eigenvalue weighted by Gasteiger charge is -2.30. The minimum absolute atomic E-state index is 0.127. The molecule has 1 aliphatic carbocycles. The number of carboxylic acids is 1. The van der Waals surface area contributed by atoms with Crippen LogP contribution in [0.15, 0.2) is 23.5 Å². The largest absolute Gasteiger partial charge is 0.481 e. The molecule has 8 heteroatoms. The molecule has 1 aromatic rings. The Morgan fingerprint density at radius 2 is 2.10 bits per heavy atom. The Morgan fingerprint density at radius 3 is 2.77 bits per heavy atom. The molecule has 0 aromatic carbocycles. The second kappa shape index (κ2) is 8.77. The molecule has 1 amide bonds. The van der Waals surface area contributed by atoms with E-state index in [0.29, 0.717) is 11.4 Å². The summed E-state index contributed by atoms with van der Waals surface area (Å²) in [5, 5.41) is 15.9. The first kappa shape index (κ1) is 21.7. The van der Waals surface area contributed by atoms with Crippen LogP contribution in [0.2, 0.25) is 0 Å². The molecule has 2 aliphatic rings. The van der Waals surface area contributed by atoms with Crippen molar-refractivity contribution in [1.29, 1.82) is 0 Å². The number of nitrogens with zero attached hydrogens (tertiary/aromatic N) is 2. The number of nitrogens with one attached hydrogen (secondary N) is 1. The highest BCUT2D eigenvalue weighted by Gasteiger charge is 2.51. The third-order valence-electron chi connectivity index (χ3n) is 5.71. The number of rotatable bonds is 8. The highest BCUT2D eigenvalue weighted by atomic mass is 16.7. The van der Waals surface area contributed by atoms with E-state index in [1.54, 1.807) is 13.1 Å². The summed E-state index contributed by atoms with van der Waals surface area (Å²) in [6.07, 6.45) is 7.55. The quantitative estimate of drug-likeness (QED) is 0.676. The van der Waals surface area contributed by atoms with Crippen LogP contribution in [0, 0.1) is 5.92 Å². The molecule has 30 heavy (non-hydrogen) atoms. The molecule has 0 saturated heterocycles. The smallest absolute Gasteiger partial charge is 0.305 e. The van der Waals surface area contributed by atoms with Crippen molar-refractivity contribution in [3.63, 3.8) is 0 Å². The average Bonchev–Trinajstić information content (AvgIpc) is 3.18. The summed E-state index contributed by atoms with van der Waals surface area (Å²) in [5.74, 6) is -2.30. The lowest BCUT2D eigenvalue weighted by molar-refractivity contribution is -0.152. The van der Waals surface area contributed by atoms with Crippen molar-refractivity contribution in [2.45, 2.75) is 64.5 Å². The van der Waals surface area contributed by atoms with Gasteiger partial charge in [0, 0.05) is 30.5 Å². The highest BCUT2D eigenvalue weighted by molar-refractivity contribution is 6.07. The summed E-state index contributed by atoms with van der Waals surface area (Å²) < 4.78 is 0. The molecule has 0 bridgehead atoms. The first-order valence-electron chi connectivity index (χ1n) is 10.2. The molecule has 3 rings (SSSR count). The van der Waals surface area contributed by atoms with Crippen LogP contribution < -0.4 is 5.32 Å². The predicted octanol–water partition coefficient (Wildman–Crippen LogP) is 2.50. The number of aromatic nitrogens is 1. The molecule has 2 atom stereocenters. The van der Waals surface area contributed by atoms with E-state index in [9.17, 15) is 14.4 Å². The summed E-state index contributed by atoms with van der Waals surface area (Å²) in [6, 6.07) is 0.877. The molecule has 0 spiro atoms. The van der Waals surface area contributed by atoms with Crippen molar-refractivity contribution in [3.05, 3.63) is 35.2 Å². The molecule has 8 nitrogen and oxygen atoms in total. The van der Waals surface area contributed by atoms with Crippen molar-refractivity contribution >= 4 is 29.4 Å². The SMILES string of the molecule is CCC(=O)[C@H](CC(=O)O)NC(=O)C1(C(C)C)CC(c2nccc3c2C=CCC3)=NO1. The van der Waals surface area contributed by atoms with Gasteiger partial charge in [-0.1, -0.05) is 38.1 Å². The van der Waals surface area contributed by atoms with Gasteiger partial charge in [-0.3, -0.25) is 19.4 Å². The maximum atomic E-state index is 13.2. The van der Waals surface area contributed by atoms with E-state index in [-0.39, 0.29) is 24.5 Å². The zero-order valence-corrected chi connectivity index (χ0v) is 17.5. The first-order valence-corrected chi connectivity index (χ1v) is 10.2. The maximum absolute atomic E-state index is 13.2. The second-order valence-electron chi connectivity index (χ2n) is 7.97. The van der Waals surface area contributed by atoms with Crippen LogP contribution in [0.1, 0.15) is 63.3 Å². The molecule has 0 saturated carbocycles. The Morgan fingerprint density at radius 1 is 1.33 bits per heavy atom. The van der Waals surface area contributed by atoms with Crippen LogP contribution >= 0.6 is 0 Å². The van der Waals surface area contributed by atoms with Crippen molar-refractivity contribution in [3.8, 4) is 0 Å². The van der Waals surface area contributed by atoms with E-state index in [4.69, 9.17) is 9.94 Å². The van der Waals surface area contributed by atoms with Gasteiger partial charge in [0.1, 0.15) is 5.71 Å². The van der Waals surface area contributed by atoms with E-state index < -0.39 is 29.9 Å². The summed E-state index contributed by atoms with van der Waals surface area (Å²) in [5.41, 5.74) is 2.08. The van der Waals surface area contributed by atoms with Gasteiger partial charge < -0.3 is 15.3 Å². The van der Waals surface area contributed by atoms with Crippen LogP contribution in [-0.2, 0) is 25.6 Å². The van der Waals surface area contributed by atoms with Crippen molar-refractivity contribution < 1.29 is 24.3 Å².